The van der Waals surface area contributed by atoms with E-state index >= 15 is 0 Å². The van der Waals surface area contributed by atoms with Gasteiger partial charge in [0, 0.05) is 16.6 Å². The van der Waals surface area contributed by atoms with Gasteiger partial charge in [-0.1, -0.05) is 27.5 Å². The van der Waals surface area contributed by atoms with Gasteiger partial charge >= 0.3 is 0 Å². The van der Waals surface area contributed by atoms with Gasteiger partial charge in [0.1, 0.15) is 22.4 Å². The van der Waals surface area contributed by atoms with E-state index in [4.69, 9.17) is 27.5 Å². The van der Waals surface area contributed by atoms with Crippen molar-refractivity contribution >= 4 is 39.1 Å². The molecule has 2 aromatic carbocycles. The summed E-state index contributed by atoms with van der Waals surface area (Å²) in [6, 6.07) is 9.03. The Balaban J connectivity index is 2.37. The lowest BCUT2D eigenvalue weighted by atomic mass is 10.2. The van der Waals surface area contributed by atoms with Crippen molar-refractivity contribution in [2.75, 3.05) is 0 Å². The standard InChI is InChI=1S/C13H9BrClN3O3/c14-7-1-4-12(9(5-7)13(16)17)21-8-2-3-11(18(19)20)10(15)6-8/h1-6H,(H3,16,17). The number of nitrogens with one attached hydrogen (secondary N) is 1. The lowest BCUT2D eigenvalue weighted by molar-refractivity contribution is -0.384. The summed E-state index contributed by atoms with van der Waals surface area (Å²) in [6.45, 7) is 0. The lowest BCUT2D eigenvalue weighted by Crippen LogP contribution is -2.12. The Hall–Kier alpha value is -2.12. The SMILES string of the molecule is N=C(N)c1cc(Br)ccc1Oc1ccc([N+](=O)[O-])c(Cl)c1. The van der Waals surface area contributed by atoms with Crippen molar-refractivity contribution in [3.63, 3.8) is 0 Å². The number of hydrogen-bond donors (Lipinski definition) is 2. The molecule has 0 heterocycles. The number of nitrogens with zero attached hydrogens (tertiary/aromatic N) is 1. The topological polar surface area (TPSA) is 102 Å². The largest absolute Gasteiger partial charge is 0.457 e. The van der Waals surface area contributed by atoms with Crippen LogP contribution < -0.4 is 10.5 Å². The van der Waals surface area contributed by atoms with E-state index in [1.807, 2.05) is 0 Å². The Kier molecular flexibility index (Phi) is 4.44. The van der Waals surface area contributed by atoms with Gasteiger partial charge in [-0.2, -0.15) is 0 Å². The number of nitro benzene ring substituents is 1. The summed E-state index contributed by atoms with van der Waals surface area (Å²) in [7, 11) is 0. The first kappa shape index (κ1) is 15.3. The maximum atomic E-state index is 10.7. The van der Waals surface area contributed by atoms with Crippen LogP contribution in [0.1, 0.15) is 5.56 Å². The first-order valence-electron chi connectivity index (χ1n) is 5.64. The highest BCUT2D eigenvalue weighted by molar-refractivity contribution is 9.10. The number of benzene rings is 2. The van der Waals surface area contributed by atoms with E-state index in [0.29, 0.717) is 17.1 Å². The predicted octanol–water partition coefficient (Wildman–Crippen LogP) is 4.09. The second-order valence-corrected chi connectivity index (χ2v) is 5.35. The average molecular weight is 371 g/mol. The third-order valence-electron chi connectivity index (χ3n) is 2.58. The maximum Gasteiger partial charge on any atom is 0.288 e. The highest BCUT2D eigenvalue weighted by atomic mass is 79.9. The number of nitro groups is 1. The van der Waals surface area contributed by atoms with Crippen LogP contribution in [0, 0.1) is 15.5 Å². The molecule has 8 heteroatoms. The number of rotatable bonds is 4. The smallest absolute Gasteiger partial charge is 0.288 e. The molecule has 108 valence electrons. The van der Waals surface area contributed by atoms with Crippen LogP contribution in [-0.4, -0.2) is 10.8 Å². The van der Waals surface area contributed by atoms with Crippen molar-refractivity contribution in [3.8, 4) is 11.5 Å². The van der Waals surface area contributed by atoms with Crippen molar-refractivity contribution < 1.29 is 9.66 Å². The molecule has 0 saturated carbocycles. The number of hydrogen-bond acceptors (Lipinski definition) is 4. The van der Waals surface area contributed by atoms with Crippen LogP contribution in [0.5, 0.6) is 11.5 Å². The van der Waals surface area contributed by atoms with E-state index < -0.39 is 4.92 Å². The van der Waals surface area contributed by atoms with E-state index in [0.717, 1.165) is 4.47 Å². The fourth-order valence-corrected chi connectivity index (χ4v) is 2.23. The summed E-state index contributed by atoms with van der Waals surface area (Å²) >= 11 is 9.11. The van der Waals surface area contributed by atoms with Gasteiger partial charge in [-0.25, -0.2) is 0 Å². The Labute approximate surface area is 133 Å². The predicted molar refractivity (Wildman–Crippen MR) is 83.3 cm³/mol. The third-order valence-corrected chi connectivity index (χ3v) is 3.37. The minimum Gasteiger partial charge on any atom is -0.457 e. The molecular weight excluding hydrogens is 362 g/mol. The zero-order valence-electron chi connectivity index (χ0n) is 10.5. The van der Waals surface area contributed by atoms with Crippen LogP contribution in [-0.2, 0) is 0 Å². The molecule has 6 nitrogen and oxygen atoms in total. The number of nitrogens with two attached hydrogens (primary N) is 1. The van der Waals surface area contributed by atoms with Gasteiger partial charge in [0.25, 0.3) is 5.69 Å². The molecule has 2 rings (SSSR count). The molecule has 2 aromatic rings. The normalized spacial score (nSPS) is 10.2. The molecule has 0 aliphatic carbocycles. The highest BCUT2D eigenvalue weighted by Crippen LogP contribution is 2.32. The summed E-state index contributed by atoms with van der Waals surface area (Å²) < 4.78 is 6.34. The number of ether oxygens (including phenoxy) is 1. The second kappa shape index (κ2) is 6.11. The summed E-state index contributed by atoms with van der Waals surface area (Å²) in [5.74, 6) is 0.519. The van der Waals surface area contributed by atoms with E-state index in [2.05, 4.69) is 15.9 Å². The van der Waals surface area contributed by atoms with Crippen LogP contribution in [0.4, 0.5) is 5.69 Å². The van der Waals surface area contributed by atoms with Gasteiger partial charge in [0.2, 0.25) is 0 Å². The van der Waals surface area contributed by atoms with E-state index in [9.17, 15) is 10.1 Å². The molecule has 0 atom stereocenters. The Bertz CT molecular complexity index is 737. The van der Waals surface area contributed by atoms with Gasteiger partial charge in [0.05, 0.1) is 10.5 Å². The molecule has 0 aromatic heterocycles. The molecule has 3 N–H and O–H groups in total. The van der Waals surface area contributed by atoms with Crippen molar-refractivity contribution in [2.24, 2.45) is 5.73 Å². The van der Waals surface area contributed by atoms with Gasteiger partial charge in [-0.15, -0.1) is 0 Å². The Morgan fingerprint density at radius 2 is 2.05 bits per heavy atom. The summed E-state index contributed by atoms with van der Waals surface area (Å²) in [5.41, 5.74) is 5.70. The fourth-order valence-electron chi connectivity index (χ4n) is 1.63. The summed E-state index contributed by atoms with van der Waals surface area (Å²) in [5, 5.41) is 18.2. The van der Waals surface area contributed by atoms with Crippen LogP contribution in [0.15, 0.2) is 40.9 Å². The van der Waals surface area contributed by atoms with E-state index in [1.165, 1.54) is 18.2 Å². The minimum atomic E-state index is -0.577. The molecule has 0 fully saturated rings. The first-order chi connectivity index (χ1) is 9.88. The zero-order valence-corrected chi connectivity index (χ0v) is 12.8. The molecule has 0 bridgehead atoms. The molecule has 0 amide bonds. The van der Waals surface area contributed by atoms with Crippen molar-refractivity contribution in [1.29, 1.82) is 5.41 Å². The second-order valence-electron chi connectivity index (χ2n) is 4.03. The number of halogens is 2. The quantitative estimate of drug-likeness (QED) is 0.366. The summed E-state index contributed by atoms with van der Waals surface area (Å²) in [6.07, 6.45) is 0. The van der Waals surface area contributed by atoms with E-state index in [-0.39, 0.29) is 16.5 Å². The molecule has 0 saturated heterocycles. The molecule has 0 spiro atoms. The first-order valence-corrected chi connectivity index (χ1v) is 6.81. The molecule has 21 heavy (non-hydrogen) atoms. The van der Waals surface area contributed by atoms with Crippen LogP contribution in [0.25, 0.3) is 0 Å². The third kappa shape index (κ3) is 3.50. The Morgan fingerprint density at radius 1 is 1.33 bits per heavy atom. The van der Waals surface area contributed by atoms with Crippen LogP contribution in [0.3, 0.4) is 0 Å². The Morgan fingerprint density at radius 3 is 2.62 bits per heavy atom. The number of amidine groups is 1. The molecular formula is C13H9BrClN3O3. The lowest BCUT2D eigenvalue weighted by Gasteiger charge is -2.11. The molecule has 0 aliphatic rings. The minimum absolute atomic E-state index is 0.0287. The average Bonchev–Trinajstić information content (AvgIpc) is 2.40. The summed E-state index contributed by atoms with van der Waals surface area (Å²) in [4.78, 5) is 10.1. The maximum absolute atomic E-state index is 10.7. The monoisotopic (exact) mass is 369 g/mol. The van der Waals surface area contributed by atoms with Gasteiger partial charge in [-0.3, -0.25) is 15.5 Å². The number of nitrogen functional groups attached to an aromatic ring is 1. The van der Waals surface area contributed by atoms with E-state index in [1.54, 1.807) is 18.2 Å². The highest BCUT2D eigenvalue weighted by Gasteiger charge is 2.14. The van der Waals surface area contributed by atoms with Gasteiger partial charge < -0.3 is 10.5 Å². The van der Waals surface area contributed by atoms with Crippen LogP contribution >= 0.6 is 27.5 Å². The molecule has 0 unspecified atom stereocenters. The van der Waals surface area contributed by atoms with Crippen LogP contribution in [0.2, 0.25) is 5.02 Å². The van der Waals surface area contributed by atoms with Crippen molar-refractivity contribution in [3.05, 3.63) is 61.6 Å². The molecule has 0 radical (unpaired) electrons. The van der Waals surface area contributed by atoms with Crippen molar-refractivity contribution in [1.82, 2.24) is 0 Å². The fraction of sp³-hybridized carbons (Fsp3) is 0. The van der Waals surface area contributed by atoms with Crippen molar-refractivity contribution in [2.45, 2.75) is 0 Å². The zero-order chi connectivity index (χ0) is 15.6. The van der Waals surface area contributed by atoms with Gasteiger partial charge in [-0.05, 0) is 24.3 Å². The molecule has 0 aliphatic heterocycles. The van der Waals surface area contributed by atoms with Gasteiger partial charge in [0.15, 0.2) is 0 Å².